The van der Waals surface area contributed by atoms with Crippen LogP contribution in [0.1, 0.15) is 113 Å². The molecule has 0 radical (unpaired) electrons. The molecule has 2 aliphatic carbocycles. The van der Waals surface area contributed by atoms with Crippen LogP contribution in [0.15, 0.2) is 0 Å². The van der Waals surface area contributed by atoms with Crippen molar-refractivity contribution in [1.29, 1.82) is 0 Å². The Morgan fingerprint density at radius 1 is 1.00 bits per heavy atom. The zero-order valence-corrected chi connectivity index (χ0v) is 23.0. The molecule has 0 aromatic rings. The van der Waals surface area contributed by atoms with Crippen molar-refractivity contribution in [3.63, 3.8) is 0 Å². The summed E-state index contributed by atoms with van der Waals surface area (Å²) in [6.45, 7) is 17.5. The molecule has 1 N–H and O–H groups in total. The van der Waals surface area contributed by atoms with E-state index in [1.54, 1.807) is 4.90 Å². The van der Waals surface area contributed by atoms with Crippen molar-refractivity contribution in [2.45, 2.75) is 119 Å². The van der Waals surface area contributed by atoms with E-state index in [1.165, 1.54) is 19.3 Å². The molecule has 0 aromatic carbocycles. The fraction of sp³-hybridized carbons (Fsp3) is 0.897. The zero-order valence-electron chi connectivity index (χ0n) is 23.0. The van der Waals surface area contributed by atoms with E-state index in [4.69, 9.17) is 0 Å². The van der Waals surface area contributed by atoms with Crippen molar-refractivity contribution in [2.24, 2.45) is 39.4 Å². The topological polar surface area (TPSA) is 74.7 Å². The molecule has 0 bridgehead atoms. The fourth-order valence-corrected chi connectivity index (χ4v) is 6.93. The van der Waals surface area contributed by atoms with Gasteiger partial charge < -0.3 is 10.0 Å². The number of hydrogen-bond donors (Lipinski definition) is 1. The number of ketones is 1. The van der Waals surface area contributed by atoms with Crippen LogP contribution in [0.5, 0.6) is 0 Å². The van der Waals surface area contributed by atoms with E-state index in [9.17, 15) is 19.5 Å². The molecule has 3 fully saturated rings. The number of carboxylic acid groups (broad SMARTS) is 1. The summed E-state index contributed by atoms with van der Waals surface area (Å²) in [5.74, 6) is -1.08. The number of carbonyl (C=O) groups is 3. The van der Waals surface area contributed by atoms with Gasteiger partial charge in [-0.05, 0) is 53.3 Å². The van der Waals surface area contributed by atoms with Crippen LogP contribution in [0.25, 0.3) is 0 Å². The molecule has 34 heavy (non-hydrogen) atoms. The second-order valence-corrected chi connectivity index (χ2v) is 14.7. The lowest BCUT2D eigenvalue weighted by Crippen LogP contribution is -2.50. The number of carbonyl (C=O) groups excluding carboxylic acids is 2. The van der Waals surface area contributed by atoms with Gasteiger partial charge in [-0.3, -0.25) is 9.59 Å². The van der Waals surface area contributed by atoms with Crippen LogP contribution in [0.4, 0.5) is 0 Å². The Balaban J connectivity index is 1.74. The van der Waals surface area contributed by atoms with Gasteiger partial charge in [-0.15, -0.1) is 0 Å². The van der Waals surface area contributed by atoms with Crippen molar-refractivity contribution < 1.29 is 19.5 Å². The lowest BCUT2D eigenvalue weighted by molar-refractivity contribution is -0.154. The molecule has 2 saturated carbocycles. The summed E-state index contributed by atoms with van der Waals surface area (Å²) in [6, 6.07) is -0.760. The van der Waals surface area contributed by atoms with Crippen LogP contribution in [-0.4, -0.2) is 40.3 Å². The van der Waals surface area contributed by atoms with Gasteiger partial charge in [0.2, 0.25) is 5.91 Å². The third kappa shape index (κ3) is 5.70. The van der Waals surface area contributed by atoms with Gasteiger partial charge in [-0.2, -0.15) is 0 Å². The lowest BCUT2D eigenvalue weighted by Gasteiger charge is -2.40. The Kier molecular flexibility index (Phi) is 7.39. The van der Waals surface area contributed by atoms with E-state index in [0.717, 1.165) is 25.7 Å². The van der Waals surface area contributed by atoms with Crippen LogP contribution in [0.3, 0.4) is 0 Å². The van der Waals surface area contributed by atoms with Crippen LogP contribution in [-0.2, 0) is 14.4 Å². The fourth-order valence-electron chi connectivity index (χ4n) is 6.93. The number of fused-ring (bicyclic) bond motifs is 1. The number of amides is 1. The Morgan fingerprint density at radius 3 is 2.09 bits per heavy atom. The first-order chi connectivity index (χ1) is 15.5. The lowest BCUT2D eigenvalue weighted by atomic mass is 9.65. The van der Waals surface area contributed by atoms with Gasteiger partial charge in [0.15, 0.2) is 0 Å². The first kappa shape index (κ1) is 27.2. The zero-order chi connectivity index (χ0) is 25.7. The quantitative estimate of drug-likeness (QED) is 0.444. The highest BCUT2D eigenvalue weighted by atomic mass is 16.4. The number of nitrogens with zero attached hydrogens (tertiary/aromatic N) is 1. The molecule has 5 nitrogen and oxygen atoms in total. The molecule has 194 valence electrons. The predicted octanol–water partition coefficient (Wildman–Crippen LogP) is 6.34. The van der Waals surface area contributed by atoms with E-state index in [2.05, 4.69) is 34.6 Å². The third-order valence-corrected chi connectivity index (χ3v) is 9.41. The van der Waals surface area contributed by atoms with E-state index >= 15 is 0 Å². The van der Waals surface area contributed by atoms with Crippen LogP contribution in [0.2, 0.25) is 0 Å². The summed E-state index contributed by atoms with van der Waals surface area (Å²) in [7, 11) is 0. The molecule has 1 aliphatic heterocycles. The molecule has 1 amide bonds. The summed E-state index contributed by atoms with van der Waals surface area (Å²) in [6.07, 6.45) is 8.79. The molecule has 1 heterocycles. The SMILES string of the molecule is CC(C)(C)CCC1(CC(=O)C[C@H](C(=O)N2C[C@H]3[C@@H]([C@H]2C(=O)O)C3(C)C)C(C)(C)C)CCCCC1. The monoisotopic (exact) mass is 475 g/mol. The number of piperidine rings is 1. The van der Waals surface area contributed by atoms with E-state index in [0.29, 0.717) is 13.0 Å². The highest BCUT2D eigenvalue weighted by Gasteiger charge is 2.70. The molecular weight excluding hydrogens is 426 g/mol. The van der Waals surface area contributed by atoms with Crippen molar-refractivity contribution in [1.82, 2.24) is 4.90 Å². The molecule has 0 unspecified atom stereocenters. The number of hydrogen-bond acceptors (Lipinski definition) is 3. The van der Waals surface area contributed by atoms with Crippen molar-refractivity contribution in [2.75, 3.05) is 6.54 Å². The number of rotatable bonds is 8. The first-order valence-electron chi connectivity index (χ1n) is 13.5. The first-order valence-corrected chi connectivity index (χ1v) is 13.5. The Bertz CT molecular complexity index is 794. The highest BCUT2D eigenvalue weighted by Crippen LogP contribution is 2.65. The molecule has 0 spiro atoms. The smallest absolute Gasteiger partial charge is 0.326 e. The van der Waals surface area contributed by atoms with E-state index in [-0.39, 0.29) is 46.2 Å². The van der Waals surface area contributed by atoms with Crippen LogP contribution in [0, 0.1) is 39.4 Å². The maximum Gasteiger partial charge on any atom is 0.326 e. The minimum atomic E-state index is -0.909. The number of Topliss-reactive ketones (excluding diaryl/α,β-unsaturated/α-hetero) is 1. The van der Waals surface area contributed by atoms with Crippen LogP contribution >= 0.6 is 0 Å². The number of aliphatic carboxylic acids is 1. The summed E-state index contributed by atoms with van der Waals surface area (Å²) >= 11 is 0. The Hall–Kier alpha value is -1.39. The molecule has 4 atom stereocenters. The predicted molar refractivity (Wildman–Crippen MR) is 135 cm³/mol. The maximum atomic E-state index is 13.8. The summed E-state index contributed by atoms with van der Waals surface area (Å²) in [5, 5.41) is 9.94. The minimum absolute atomic E-state index is 0.0205. The largest absolute Gasteiger partial charge is 0.480 e. The molecule has 3 rings (SSSR count). The maximum absolute atomic E-state index is 13.8. The van der Waals surface area contributed by atoms with Gasteiger partial charge in [0.1, 0.15) is 11.8 Å². The van der Waals surface area contributed by atoms with E-state index < -0.39 is 23.3 Å². The summed E-state index contributed by atoms with van der Waals surface area (Å²) in [5.41, 5.74) is -0.110. The van der Waals surface area contributed by atoms with Gasteiger partial charge in [0.05, 0.1) is 0 Å². The van der Waals surface area contributed by atoms with Gasteiger partial charge in [-0.1, -0.05) is 74.7 Å². The Labute approximate surface area is 207 Å². The third-order valence-electron chi connectivity index (χ3n) is 9.41. The number of carboxylic acids is 1. The van der Waals surface area contributed by atoms with Crippen molar-refractivity contribution >= 4 is 17.7 Å². The normalized spacial score (nSPS) is 28.8. The standard InChI is InChI=1S/C29H49NO4/c1-26(2,3)14-15-29(12-10-9-11-13-29)17-19(31)16-20(27(4,5)6)24(32)30-18-21-22(28(21,7)8)23(30)25(33)34/h20-23H,9-18H2,1-8H3,(H,33,34)/t20-,21+,22+,23+/m1/s1. The number of likely N-dealkylation sites (tertiary alicyclic amines) is 1. The minimum Gasteiger partial charge on any atom is -0.480 e. The van der Waals surface area contributed by atoms with Gasteiger partial charge in [0, 0.05) is 31.2 Å². The van der Waals surface area contributed by atoms with Crippen molar-refractivity contribution in [3.8, 4) is 0 Å². The van der Waals surface area contributed by atoms with Gasteiger partial charge >= 0.3 is 5.97 Å². The molecule has 5 heteroatoms. The molecular formula is C29H49NO4. The Morgan fingerprint density at radius 2 is 1.59 bits per heavy atom. The second-order valence-electron chi connectivity index (χ2n) is 14.7. The van der Waals surface area contributed by atoms with Gasteiger partial charge in [-0.25, -0.2) is 4.79 Å². The van der Waals surface area contributed by atoms with Crippen molar-refractivity contribution in [3.05, 3.63) is 0 Å². The molecule has 0 aromatic heterocycles. The molecule has 3 aliphatic rings. The highest BCUT2D eigenvalue weighted by molar-refractivity contribution is 5.91. The second kappa shape index (κ2) is 9.24. The van der Waals surface area contributed by atoms with Crippen LogP contribution < -0.4 is 0 Å². The summed E-state index contributed by atoms with van der Waals surface area (Å²) in [4.78, 5) is 41.0. The molecule has 1 saturated heterocycles. The van der Waals surface area contributed by atoms with E-state index in [1.807, 2.05) is 20.8 Å². The van der Waals surface area contributed by atoms with Gasteiger partial charge in [0.25, 0.3) is 0 Å². The average molecular weight is 476 g/mol. The summed E-state index contributed by atoms with van der Waals surface area (Å²) < 4.78 is 0. The average Bonchev–Trinajstić information content (AvgIpc) is 3.04.